The molecule has 3 aromatic rings. The predicted molar refractivity (Wildman–Crippen MR) is 112 cm³/mol. The van der Waals surface area contributed by atoms with Gasteiger partial charge in [0.2, 0.25) is 0 Å². The third-order valence-electron chi connectivity index (χ3n) is 4.16. The molecule has 0 bridgehead atoms. The molecule has 0 atom stereocenters. The van der Waals surface area contributed by atoms with Gasteiger partial charge < -0.3 is 14.8 Å². The largest absolute Gasteiger partial charge is 0.497 e. The van der Waals surface area contributed by atoms with Crippen LogP contribution in [0.1, 0.15) is 11.1 Å². The number of rotatable bonds is 8. The van der Waals surface area contributed by atoms with Gasteiger partial charge in [-0.05, 0) is 41.5 Å². The molecule has 28 heavy (non-hydrogen) atoms. The van der Waals surface area contributed by atoms with Crippen LogP contribution in [-0.2, 0) is 4.79 Å². The Kier molecular flexibility index (Phi) is 6.85. The van der Waals surface area contributed by atoms with Crippen molar-refractivity contribution in [2.45, 2.75) is 0 Å². The zero-order valence-corrected chi connectivity index (χ0v) is 15.8. The third-order valence-corrected chi connectivity index (χ3v) is 4.16. The van der Waals surface area contributed by atoms with Crippen molar-refractivity contribution in [2.24, 2.45) is 0 Å². The van der Waals surface area contributed by atoms with E-state index < -0.39 is 0 Å². The molecule has 4 heteroatoms. The Morgan fingerprint density at radius 3 is 2.11 bits per heavy atom. The second kappa shape index (κ2) is 9.97. The summed E-state index contributed by atoms with van der Waals surface area (Å²) in [7, 11) is 1.62. The number of carbonyl (C=O) groups is 1. The van der Waals surface area contributed by atoms with Crippen LogP contribution in [0.4, 0.5) is 0 Å². The first kappa shape index (κ1) is 19.2. The van der Waals surface area contributed by atoms with Crippen LogP contribution in [-0.4, -0.2) is 26.2 Å². The van der Waals surface area contributed by atoms with E-state index in [1.54, 1.807) is 7.11 Å². The molecule has 0 aliphatic heterocycles. The molecular formula is C24H23NO3. The van der Waals surface area contributed by atoms with Gasteiger partial charge in [0.1, 0.15) is 18.1 Å². The highest BCUT2D eigenvalue weighted by Gasteiger charge is 2.11. The normalized spacial score (nSPS) is 11.0. The van der Waals surface area contributed by atoms with E-state index >= 15 is 0 Å². The molecule has 3 aromatic carbocycles. The fraction of sp³-hybridized carbons (Fsp3) is 0.125. The number of methoxy groups -OCH3 is 1. The summed E-state index contributed by atoms with van der Waals surface area (Å²) in [4.78, 5) is 12.8. The lowest BCUT2D eigenvalue weighted by molar-refractivity contribution is -0.115. The highest BCUT2D eigenvalue weighted by molar-refractivity contribution is 6.24. The molecule has 142 valence electrons. The summed E-state index contributed by atoms with van der Waals surface area (Å²) in [6.07, 6.45) is 1.90. The summed E-state index contributed by atoms with van der Waals surface area (Å²) in [5, 5.41) is 2.94. The summed E-state index contributed by atoms with van der Waals surface area (Å²) < 4.78 is 10.8. The van der Waals surface area contributed by atoms with Crippen LogP contribution in [0, 0.1) is 0 Å². The molecule has 1 amide bonds. The fourth-order valence-corrected chi connectivity index (χ4v) is 2.71. The first-order valence-electron chi connectivity index (χ1n) is 9.13. The van der Waals surface area contributed by atoms with Crippen LogP contribution < -0.4 is 14.8 Å². The van der Waals surface area contributed by atoms with E-state index in [-0.39, 0.29) is 5.91 Å². The minimum atomic E-state index is -0.131. The average Bonchev–Trinajstić information content (AvgIpc) is 2.76. The number of amides is 1. The lowest BCUT2D eigenvalue weighted by Gasteiger charge is -2.11. The first-order valence-corrected chi connectivity index (χ1v) is 9.13. The van der Waals surface area contributed by atoms with Gasteiger partial charge in [-0.25, -0.2) is 0 Å². The number of ether oxygens (including phenoxy) is 2. The molecule has 0 aromatic heterocycles. The van der Waals surface area contributed by atoms with Crippen molar-refractivity contribution < 1.29 is 14.3 Å². The molecule has 0 radical (unpaired) electrons. The van der Waals surface area contributed by atoms with E-state index in [9.17, 15) is 4.79 Å². The molecule has 0 fully saturated rings. The van der Waals surface area contributed by atoms with Crippen molar-refractivity contribution in [3.63, 3.8) is 0 Å². The minimum Gasteiger partial charge on any atom is -0.497 e. The Bertz CT molecular complexity index is 904. The van der Waals surface area contributed by atoms with Crippen LogP contribution in [0.15, 0.2) is 84.9 Å². The molecule has 0 spiro atoms. The first-order chi connectivity index (χ1) is 13.8. The van der Waals surface area contributed by atoms with E-state index in [0.717, 1.165) is 22.6 Å². The lowest BCUT2D eigenvalue weighted by Crippen LogP contribution is -2.28. The summed E-state index contributed by atoms with van der Waals surface area (Å²) in [6, 6.07) is 26.8. The summed E-state index contributed by atoms with van der Waals surface area (Å²) in [5.41, 5.74) is 2.47. The molecule has 0 saturated heterocycles. The Balaban J connectivity index is 1.62. The van der Waals surface area contributed by atoms with Gasteiger partial charge in [0, 0.05) is 5.57 Å². The molecule has 0 heterocycles. The monoisotopic (exact) mass is 373 g/mol. The predicted octanol–water partition coefficient (Wildman–Crippen LogP) is 4.43. The van der Waals surface area contributed by atoms with Gasteiger partial charge in [0.15, 0.2) is 0 Å². The maximum absolute atomic E-state index is 12.8. The van der Waals surface area contributed by atoms with E-state index in [4.69, 9.17) is 9.47 Å². The van der Waals surface area contributed by atoms with Crippen LogP contribution in [0.5, 0.6) is 11.5 Å². The molecule has 1 N–H and O–H groups in total. The van der Waals surface area contributed by atoms with Gasteiger partial charge in [0.25, 0.3) is 5.91 Å². The Morgan fingerprint density at radius 2 is 1.46 bits per heavy atom. The van der Waals surface area contributed by atoms with Crippen molar-refractivity contribution >= 4 is 17.6 Å². The van der Waals surface area contributed by atoms with Crippen molar-refractivity contribution in [1.29, 1.82) is 0 Å². The molecule has 4 nitrogen and oxygen atoms in total. The number of hydrogen-bond acceptors (Lipinski definition) is 3. The zero-order valence-electron chi connectivity index (χ0n) is 15.8. The van der Waals surface area contributed by atoms with E-state index in [1.165, 1.54) is 0 Å². The number of carbonyl (C=O) groups excluding carboxylic acids is 1. The number of nitrogens with one attached hydrogen (secondary N) is 1. The van der Waals surface area contributed by atoms with Crippen molar-refractivity contribution in [3.05, 3.63) is 96.1 Å². The van der Waals surface area contributed by atoms with Gasteiger partial charge in [0.05, 0.1) is 13.7 Å². The standard InChI is InChI=1S/C24H23NO3/c1-27-21-12-14-22(15-13-21)28-17-16-25-24(26)23(20-10-6-3-7-11-20)18-19-8-4-2-5-9-19/h2-15,18H,16-17H2,1H3,(H,25,26)/b23-18+. The maximum Gasteiger partial charge on any atom is 0.252 e. The second-order valence-corrected chi connectivity index (χ2v) is 6.11. The van der Waals surface area contributed by atoms with Crippen LogP contribution >= 0.6 is 0 Å². The molecule has 0 aliphatic carbocycles. The average molecular weight is 373 g/mol. The number of hydrogen-bond donors (Lipinski definition) is 1. The maximum atomic E-state index is 12.8. The van der Waals surface area contributed by atoms with Crippen molar-refractivity contribution in [2.75, 3.05) is 20.3 Å². The van der Waals surface area contributed by atoms with Crippen molar-refractivity contribution in [3.8, 4) is 11.5 Å². The highest BCUT2D eigenvalue weighted by atomic mass is 16.5. The summed E-state index contributed by atoms with van der Waals surface area (Å²) >= 11 is 0. The molecule has 0 saturated carbocycles. The van der Waals surface area contributed by atoms with Crippen molar-refractivity contribution in [1.82, 2.24) is 5.32 Å². The molecular weight excluding hydrogens is 350 g/mol. The van der Waals surface area contributed by atoms with Crippen LogP contribution in [0.25, 0.3) is 11.6 Å². The minimum absolute atomic E-state index is 0.131. The zero-order chi connectivity index (χ0) is 19.6. The van der Waals surface area contributed by atoms with Crippen LogP contribution in [0.2, 0.25) is 0 Å². The quantitative estimate of drug-likeness (QED) is 0.361. The highest BCUT2D eigenvalue weighted by Crippen LogP contribution is 2.19. The third kappa shape index (κ3) is 5.48. The topological polar surface area (TPSA) is 47.6 Å². The summed E-state index contributed by atoms with van der Waals surface area (Å²) in [5.74, 6) is 1.38. The molecule has 3 rings (SSSR count). The lowest BCUT2D eigenvalue weighted by atomic mass is 10.0. The molecule has 0 unspecified atom stereocenters. The van der Waals surface area contributed by atoms with Crippen LogP contribution in [0.3, 0.4) is 0 Å². The van der Waals surface area contributed by atoms with Gasteiger partial charge >= 0.3 is 0 Å². The smallest absolute Gasteiger partial charge is 0.252 e. The van der Waals surface area contributed by atoms with E-state index in [0.29, 0.717) is 18.7 Å². The van der Waals surface area contributed by atoms with E-state index in [1.807, 2.05) is 91.0 Å². The van der Waals surface area contributed by atoms with Gasteiger partial charge in [-0.2, -0.15) is 0 Å². The Hall–Kier alpha value is -3.53. The summed E-state index contributed by atoms with van der Waals surface area (Å²) in [6.45, 7) is 0.787. The van der Waals surface area contributed by atoms with E-state index in [2.05, 4.69) is 5.32 Å². The Labute approximate surface area is 165 Å². The number of benzene rings is 3. The van der Waals surface area contributed by atoms with Gasteiger partial charge in [-0.3, -0.25) is 4.79 Å². The van der Waals surface area contributed by atoms with Gasteiger partial charge in [-0.1, -0.05) is 60.7 Å². The fourth-order valence-electron chi connectivity index (χ4n) is 2.71. The second-order valence-electron chi connectivity index (χ2n) is 6.11. The van der Waals surface area contributed by atoms with Gasteiger partial charge in [-0.15, -0.1) is 0 Å². The Morgan fingerprint density at radius 1 is 0.857 bits per heavy atom. The molecule has 0 aliphatic rings. The SMILES string of the molecule is COc1ccc(OCCNC(=O)/C(=C/c2ccccc2)c2ccccc2)cc1.